The highest BCUT2D eigenvalue weighted by atomic mass is 79.9. The van der Waals surface area contributed by atoms with Crippen LogP contribution in [0, 0.1) is 6.92 Å². The molecular formula is C15H17BrClN3. The first kappa shape index (κ1) is 15.3. The average Bonchev–Trinajstić information content (AvgIpc) is 2.42. The van der Waals surface area contributed by atoms with E-state index in [2.05, 4.69) is 57.0 Å². The molecule has 0 aliphatic heterocycles. The Morgan fingerprint density at radius 3 is 2.60 bits per heavy atom. The average molecular weight is 355 g/mol. The highest BCUT2D eigenvalue weighted by molar-refractivity contribution is 9.10. The maximum Gasteiger partial charge on any atom is 0.151 e. The Balaban J connectivity index is 2.38. The maximum absolute atomic E-state index is 6.32. The molecule has 20 heavy (non-hydrogen) atoms. The topological polar surface area (TPSA) is 42.1 Å². The monoisotopic (exact) mass is 353 g/mol. The molecule has 2 rings (SSSR count). The fraction of sp³-hybridized carbons (Fsp3) is 0.267. The van der Waals surface area contributed by atoms with Gasteiger partial charge in [-0.3, -0.25) is 0 Å². The first-order chi connectivity index (χ1) is 9.61. The van der Waals surface area contributed by atoms with E-state index in [0.717, 1.165) is 28.9 Å². The number of nitrogens with two attached hydrogens (primary N) is 1. The van der Waals surface area contributed by atoms with Crippen LogP contribution in [0.15, 0.2) is 41.0 Å². The number of aryl methyl sites for hydroxylation is 1. The third-order valence-electron chi connectivity index (χ3n) is 2.98. The third-order valence-corrected chi connectivity index (χ3v) is 3.69. The second kappa shape index (κ2) is 7.07. The van der Waals surface area contributed by atoms with Gasteiger partial charge in [-0.2, -0.15) is 0 Å². The summed E-state index contributed by atoms with van der Waals surface area (Å²) in [5, 5.41) is 0.622. The second-order valence-corrected chi connectivity index (χ2v) is 5.91. The number of hydrogen-bond donors (Lipinski definition) is 1. The molecular weight excluding hydrogens is 338 g/mol. The van der Waals surface area contributed by atoms with Gasteiger partial charge in [-0.1, -0.05) is 29.3 Å². The van der Waals surface area contributed by atoms with E-state index in [1.54, 1.807) is 6.20 Å². The van der Waals surface area contributed by atoms with Gasteiger partial charge in [0, 0.05) is 22.9 Å². The van der Waals surface area contributed by atoms with Crippen molar-refractivity contribution in [1.29, 1.82) is 0 Å². The van der Waals surface area contributed by atoms with Gasteiger partial charge in [-0.25, -0.2) is 4.98 Å². The zero-order valence-corrected chi connectivity index (χ0v) is 13.7. The van der Waals surface area contributed by atoms with Gasteiger partial charge in [0.25, 0.3) is 0 Å². The fourth-order valence-electron chi connectivity index (χ4n) is 1.94. The second-order valence-electron chi connectivity index (χ2n) is 4.59. The van der Waals surface area contributed by atoms with Crippen molar-refractivity contribution in [1.82, 2.24) is 4.98 Å². The van der Waals surface area contributed by atoms with Gasteiger partial charge in [-0.05, 0) is 54.0 Å². The van der Waals surface area contributed by atoms with Crippen molar-refractivity contribution in [3.63, 3.8) is 0 Å². The lowest BCUT2D eigenvalue weighted by Crippen LogP contribution is -2.22. The van der Waals surface area contributed by atoms with Crippen molar-refractivity contribution in [2.75, 3.05) is 18.0 Å². The molecule has 0 fully saturated rings. The summed E-state index contributed by atoms with van der Waals surface area (Å²) in [7, 11) is 0. The highest BCUT2D eigenvalue weighted by Crippen LogP contribution is 2.31. The predicted octanol–water partition coefficient (Wildman–Crippen LogP) is 4.29. The Bertz CT molecular complexity index is 572. The molecule has 2 aromatic rings. The zero-order chi connectivity index (χ0) is 14.5. The van der Waals surface area contributed by atoms with Crippen LogP contribution >= 0.6 is 27.5 Å². The van der Waals surface area contributed by atoms with Crippen LogP contribution in [0.5, 0.6) is 0 Å². The normalized spacial score (nSPS) is 10.6. The highest BCUT2D eigenvalue weighted by Gasteiger charge is 2.14. The molecule has 1 aromatic carbocycles. The summed E-state index contributed by atoms with van der Waals surface area (Å²) in [5.41, 5.74) is 7.93. The van der Waals surface area contributed by atoms with Crippen molar-refractivity contribution in [3.8, 4) is 0 Å². The number of rotatable bonds is 5. The van der Waals surface area contributed by atoms with Crippen molar-refractivity contribution < 1.29 is 0 Å². The van der Waals surface area contributed by atoms with Crippen LogP contribution in [0.4, 0.5) is 11.5 Å². The number of anilines is 2. The Morgan fingerprint density at radius 1 is 1.30 bits per heavy atom. The molecule has 0 radical (unpaired) electrons. The number of hydrogen-bond acceptors (Lipinski definition) is 3. The molecule has 5 heteroatoms. The number of aromatic nitrogens is 1. The van der Waals surface area contributed by atoms with Crippen LogP contribution in [0.3, 0.4) is 0 Å². The first-order valence-corrected chi connectivity index (χ1v) is 7.64. The van der Waals surface area contributed by atoms with Crippen LogP contribution in [-0.2, 0) is 0 Å². The number of benzene rings is 1. The molecule has 0 aliphatic rings. The molecule has 0 bridgehead atoms. The lowest BCUT2D eigenvalue weighted by Gasteiger charge is -2.24. The van der Waals surface area contributed by atoms with E-state index in [1.165, 1.54) is 5.56 Å². The van der Waals surface area contributed by atoms with Crippen LogP contribution < -0.4 is 10.6 Å². The maximum atomic E-state index is 6.32. The number of nitrogens with zero attached hydrogens (tertiary/aromatic N) is 2. The minimum Gasteiger partial charge on any atom is -0.330 e. The van der Waals surface area contributed by atoms with Gasteiger partial charge in [-0.15, -0.1) is 0 Å². The van der Waals surface area contributed by atoms with E-state index in [9.17, 15) is 0 Å². The summed E-state index contributed by atoms with van der Waals surface area (Å²) in [6.07, 6.45) is 2.63. The summed E-state index contributed by atoms with van der Waals surface area (Å²) in [6.45, 7) is 3.49. The molecule has 1 aromatic heterocycles. The van der Waals surface area contributed by atoms with Gasteiger partial charge in [0.15, 0.2) is 5.82 Å². The molecule has 0 spiro atoms. The summed E-state index contributed by atoms with van der Waals surface area (Å²) in [5.74, 6) is 0.757. The molecule has 0 amide bonds. The van der Waals surface area contributed by atoms with Crippen LogP contribution in [0.1, 0.15) is 12.0 Å². The van der Waals surface area contributed by atoms with Gasteiger partial charge >= 0.3 is 0 Å². The van der Waals surface area contributed by atoms with E-state index < -0.39 is 0 Å². The molecule has 3 nitrogen and oxygen atoms in total. The Labute approximate surface area is 132 Å². The van der Waals surface area contributed by atoms with Crippen molar-refractivity contribution >= 4 is 39.0 Å². The standard InChI is InChI=1S/C15H17BrClN3/c1-11-3-5-13(6-4-11)20(8-2-7-18)15-14(17)9-12(16)10-19-15/h3-6,9-10H,2,7-8,18H2,1H3. The predicted molar refractivity (Wildman–Crippen MR) is 88.8 cm³/mol. The summed E-state index contributed by atoms with van der Waals surface area (Å²) >= 11 is 9.70. The number of halogens is 2. The molecule has 1 heterocycles. The Hall–Kier alpha value is -1.10. The van der Waals surface area contributed by atoms with E-state index in [1.807, 2.05) is 6.07 Å². The Morgan fingerprint density at radius 2 is 2.00 bits per heavy atom. The molecule has 0 atom stereocenters. The lowest BCUT2D eigenvalue weighted by atomic mass is 10.2. The smallest absolute Gasteiger partial charge is 0.151 e. The molecule has 0 unspecified atom stereocenters. The van der Waals surface area contributed by atoms with Crippen LogP contribution in [0.2, 0.25) is 5.02 Å². The first-order valence-electron chi connectivity index (χ1n) is 6.47. The summed E-state index contributed by atoms with van der Waals surface area (Å²) in [4.78, 5) is 6.53. The minimum atomic E-state index is 0.622. The molecule has 0 saturated heterocycles. The van der Waals surface area contributed by atoms with Crippen molar-refractivity contribution in [2.24, 2.45) is 5.73 Å². The van der Waals surface area contributed by atoms with Crippen molar-refractivity contribution in [3.05, 3.63) is 51.6 Å². The summed E-state index contributed by atoms with van der Waals surface area (Å²) in [6, 6.07) is 10.2. The van der Waals surface area contributed by atoms with Crippen LogP contribution in [-0.4, -0.2) is 18.1 Å². The number of pyridine rings is 1. The van der Waals surface area contributed by atoms with E-state index >= 15 is 0 Å². The molecule has 106 valence electrons. The van der Waals surface area contributed by atoms with E-state index in [-0.39, 0.29) is 0 Å². The van der Waals surface area contributed by atoms with Crippen molar-refractivity contribution in [2.45, 2.75) is 13.3 Å². The Kier molecular flexibility index (Phi) is 5.40. The van der Waals surface area contributed by atoms with E-state index in [4.69, 9.17) is 17.3 Å². The van der Waals surface area contributed by atoms with Gasteiger partial charge in [0.05, 0.1) is 5.02 Å². The molecule has 0 saturated carbocycles. The summed E-state index contributed by atoms with van der Waals surface area (Å²) < 4.78 is 0.869. The molecule has 0 aliphatic carbocycles. The van der Waals surface area contributed by atoms with Gasteiger partial charge < -0.3 is 10.6 Å². The van der Waals surface area contributed by atoms with Gasteiger partial charge in [0.2, 0.25) is 0 Å². The zero-order valence-electron chi connectivity index (χ0n) is 11.3. The largest absolute Gasteiger partial charge is 0.330 e. The molecule has 2 N–H and O–H groups in total. The third kappa shape index (κ3) is 3.72. The van der Waals surface area contributed by atoms with E-state index in [0.29, 0.717) is 11.6 Å². The fourth-order valence-corrected chi connectivity index (χ4v) is 2.67. The lowest BCUT2D eigenvalue weighted by molar-refractivity contribution is 0.810. The SMILES string of the molecule is Cc1ccc(N(CCCN)c2ncc(Br)cc2Cl)cc1. The minimum absolute atomic E-state index is 0.622. The van der Waals surface area contributed by atoms with Crippen LogP contribution in [0.25, 0.3) is 0 Å². The quantitative estimate of drug-likeness (QED) is 0.871. The van der Waals surface area contributed by atoms with Gasteiger partial charge in [0.1, 0.15) is 0 Å².